The number of rotatable bonds is 10. The molecule has 0 saturated heterocycles. The lowest BCUT2D eigenvalue weighted by Crippen LogP contribution is -2.11. The molecule has 0 atom stereocenters. The van der Waals surface area contributed by atoms with Gasteiger partial charge in [-0.1, -0.05) is 12.1 Å². The van der Waals surface area contributed by atoms with Crippen LogP contribution in [0.2, 0.25) is 0 Å². The highest BCUT2D eigenvalue weighted by Gasteiger charge is 2.17. The molecule has 1 amide bonds. The maximum atomic E-state index is 12.8. The molecule has 1 aromatic heterocycles. The topological polar surface area (TPSA) is 139 Å². The molecule has 0 radical (unpaired) electrons. The molecule has 0 aliphatic carbocycles. The van der Waals surface area contributed by atoms with Crippen LogP contribution < -0.4 is 19.5 Å². The van der Waals surface area contributed by atoms with Gasteiger partial charge in [0.05, 0.1) is 36.5 Å². The molecule has 11 heteroatoms. The lowest BCUT2D eigenvalue weighted by atomic mass is 10.2. The quantitative estimate of drug-likeness (QED) is 0.161. The maximum Gasteiger partial charge on any atom is 0.337 e. The fourth-order valence-corrected chi connectivity index (χ4v) is 3.38. The summed E-state index contributed by atoms with van der Waals surface area (Å²) in [7, 11) is 2.77. The number of ether oxygens (including phenoxy) is 4. The zero-order valence-electron chi connectivity index (χ0n) is 20.3. The highest BCUT2D eigenvalue weighted by atomic mass is 16.6. The summed E-state index contributed by atoms with van der Waals surface area (Å²) in [5.74, 6) is 0.667. The van der Waals surface area contributed by atoms with E-state index in [4.69, 9.17) is 18.6 Å². The van der Waals surface area contributed by atoms with E-state index in [2.05, 4.69) is 10.1 Å². The number of methoxy groups -OCH3 is 2. The first-order valence-corrected chi connectivity index (χ1v) is 11.2. The van der Waals surface area contributed by atoms with Gasteiger partial charge in [-0.15, -0.1) is 0 Å². The summed E-state index contributed by atoms with van der Waals surface area (Å²) in [4.78, 5) is 35.1. The summed E-state index contributed by atoms with van der Waals surface area (Å²) < 4.78 is 26.9. The van der Waals surface area contributed by atoms with Crippen molar-refractivity contribution < 1.29 is 37.9 Å². The Kier molecular flexibility index (Phi) is 7.87. The molecule has 0 aliphatic rings. The zero-order valence-corrected chi connectivity index (χ0v) is 20.3. The Balaban J connectivity index is 1.43. The third-order valence-electron chi connectivity index (χ3n) is 5.20. The molecule has 1 heterocycles. The molecule has 3 aromatic carbocycles. The van der Waals surface area contributed by atoms with Crippen molar-refractivity contribution in [2.75, 3.05) is 19.5 Å². The van der Waals surface area contributed by atoms with Crippen LogP contribution >= 0.6 is 0 Å². The molecular formula is C27H22N2O9. The molecule has 1 N–H and O–H groups in total. The Hall–Kier alpha value is -5.32. The normalized spacial score (nSPS) is 10.4. The Morgan fingerprint density at radius 2 is 1.66 bits per heavy atom. The molecule has 0 aliphatic heterocycles. The predicted molar refractivity (Wildman–Crippen MR) is 135 cm³/mol. The number of nitrogens with zero attached hydrogens (tertiary/aromatic N) is 1. The second-order valence-corrected chi connectivity index (χ2v) is 7.75. The van der Waals surface area contributed by atoms with E-state index < -0.39 is 16.8 Å². The Morgan fingerprint density at radius 1 is 0.921 bits per heavy atom. The summed E-state index contributed by atoms with van der Waals surface area (Å²) in [5, 5.41) is 14.0. The van der Waals surface area contributed by atoms with Crippen LogP contribution in [0.1, 0.15) is 26.7 Å². The van der Waals surface area contributed by atoms with Crippen molar-refractivity contribution in [2.24, 2.45) is 0 Å². The van der Waals surface area contributed by atoms with E-state index in [1.165, 1.54) is 38.5 Å². The number of nitrogens with one attached hydrogen (secondary N) is 1. The van der Waals surface area contributed by atoms with E-state index in [9.17, 15) is 19.7 Å². The van der Waals surface area contributed by atoms with Crippen molar-refractivity contribution >= 4 is 23.3 Å². The number of furan rings is 1. The van der Waals surface area contributed by atoms with Crippen LogP contribution in [-0.2, 0) is 11.3 Å². The molecule has 194 valence electrons. The standard InChI is InChI=1S/C27H22N2O9/c1-34-23-5-3-4-6-24(23)38-22-14-18(13-19(15-22)29(32)33)28-26(30)25-12-11-21(37-25)16-36-20-9-7-17(8-10-20)27(31)35-2/h3-15H,16H2,1-2H3,(H,28,30). The fraction of sp³-hybridized carbons (Fsp3) is 0.111. The highest BCUT2D eigenvalue weighted by molar-refractivity contribution is 6.02. The third kappa shape index (κ3) is 6.26. The van der Waals surface area contributed by atoms with Crippen LogP contribution in [0, 0.1) is 10.1 Å². The number of carbonyl (C=O) groups is 2. The van der Waals surface area contributed by atoms with Gasteiger partial charge in [-0.3, -0.25) is 14.9 Å². The fourth-order valence-electron chi connectivity index (χ4n) is 3.38. The third-order valence-corrected chi connectivity index (χ3v) is 5.20. The van der Waals surface area contributed by atoms with Crippen LogP contribution in [0.5, 0.6) is 23.0 Å². The second kappa shape index (κ2) is 11.6. The summed E-state index contributed by atoms with van der Waals surface area (Å²) >= 11 is 0. The molecule has 0 unspecified atom stereocenters. The minimum Gasteiger partial charge on any atom is -0.493 e. The molecule has 0 spiro atoms. The Labute approximate surface area is 216 Å². The summed E-state index contributed by atoms with van der Waals surface area (Å²) in [6, 6.07) is 20.1. The smallest absolute Gasteiger partial charge is 0.337 e. The van der Waals surface area contributed by atoms with Gasteiger partial charge in [0.1, 0.15) is 23.9 Å². The van der Waals surface area contributed by atoms with Crippen LogP contribution in [-0.4, -0.2) is 31.0 Å². The van der Waals surface area contributed by atoms with Gasteiger partial charge in [0.15, 0.2) is 17.3 Å². The largest absolute Gasteiger partial charge is 0.493 e. The average molecular weight is 518 g/mol. The molecular weight excluding hydrogens is 496 g/mol. The van der Waals surface area contributed by atoms with Gasteiger partial charge in [-0.05, 0) is 48.5 Å². The van der Waals surface area contributed by atoms with Crippen LogP contribution in [0.3, 0.4) is 0 Å². The molecule has 0 fully saturated rings. The monoisotopic (exact) mass is 518 g/mol. The number of anilines is 1. The maximum absolute atomic E-state index is 12.8. The highest BCUT2D eigenvalue weighted by Crippen LogP contribution is 2.34. The minimum absolute atomic E-state index is 0.0247. The Bertz CT molecular complexity index is 1460. The van der Waals surface area contributed by atoms with Crippen LogP contribution in [0.25, 0.3) is 0 Å². The van der Waals surface area contributed by atoms with Gasteiger partial charge in [0, 0.05) is 12.1 Å². The van der Waals surface area contributed by atoms with Crippen molar-refractivity contribution in [2.45, 2.75) is 6.61 Å². The number of benzene rings is 3. The average Bonchev–Trinajstić information content (AvgIpc) is 3.41. The van der Waals surface area contributed by atoms with Crippen molar-refractivity contribution in [3.63, 3.8) is 0 Å². The minimum atomic E-state index is -0.623. The molecule has 0 saturated carbocycles. The second-order valence-electron chi connectivity index (χ2n) is 7.75. The number of esters is 1. The van der Waals surface area contributed by atoms with Gasteiger partial charge in [-0.25, -0.2) is 4.79 Å². The molecule has 38 heavy (non-hydrogen) atoms. The molecule has 4 aromatic rings. The first kappa shape index (κ1) is 25.8. The summed E-state index contributed by atoms with van der Waals surface area (Å²) in [6.07, 6.45) is 0. The number of nitro benzene ring substituents is 1. The number of hydrogen-bond acceptors (Lipinski definition) is 9. The van der Waals surface area contributed by atoms with E-state index in [0.717, 1.165) is 0 Å². The van der Waals surface area contributed by atoms with Crippen molar-refractivity contribution in [1.82, 2.24) is 0 Å². The van der Waals surface area contributed by atoms with Crippen molar-refractivity contribution in [1.29, 1.82) is 0 Å². The first-order chi connectivity index (χ1) is 18.4. The van der Waals surface area contributed by atoms with Gasteiger partial charge in [0.2, 0.25) is 0 Å². The van der Waals surface area contributed by atoms with Gasteiger partial charge in [-0.2, -0.15) is 0 Å². The van der Waals surface area contributed by atoms with E-state index >= 15 is 0 Å². The van der Waals surface area contributed by atoms with E-state index in [1.54, 1.807) is 54.6 Å². The van der Waals surface area contributed by atoms with E-state index in [1.807, 2.05) is 0 Å². The summed E-state index contributed by atoms with van der Waals surface area (Å²) in [6.45, 7) is 0.0263. The van der Waals surface area contributed by atoms with Crippen molar-refractivity contribution in [3.8, 4) is 23.0 Å². The lowest BCUT2D eigenvalue weighted by molar-refractivity contribution is -0.384. The van der Waals surface area contributed by atoms with Gasteiger partial charge < -0.3 is 28.7 Å². The number of hydrogen-bond donors (Lipinski definition) is 1. The molecule has 0 bridgehead atoms. The number of amides is 1. The summed E-state index contributed by atoms with van der Waals surface area (Å²) in [5.41, 5.74) is 0.239. The van der Waals surface area contributed by atoms with Crippen LogP contribution in [0.4, 0.5) is 11.4 Å². The number of non-ortho nitro benzene ring substituents is 1. The molecule has 4 rings (SSSR count). The van der Waals surface area contributed by atoms with Gasteiger partial charge in [0.25, 0.3) is 11.6 Å². The predicted octanol–water partition coefficient (Wildman–Crippen LogP) is 5.61. The van der Waals surface area contributed by atoms with Crippen LogP contribution in [0.15, 0.2) is 83.3 Å². The zero-order chi connectivity index (χ0) is 27.1. The Morgan fingerprint density at radius 3 is 2.34 bits per heavy atom. The number of para-hydroxylation sites is 2. The van der Waals surface area contributed by atoms with Crippen molar-refractivity contribution in [3.05, 3.63) is 106 Å². The van der Waals surface area contributed by atoms with E-state index in [-0.39, 0.29) is 29.5 Å². The van der Waals surface area contributed by atoms with E-state index in [0.29, 0.717) is 28.6 Å². The SMILES string of the molecule is COC(=O)c1ccc(OCc2ccc(C(=O)Nc3cc(Oc4ccccc4OC)cc([N+](=O)[O-])c3)o2)cc1. The lowest BCUT2D eigenvalue weighted by Gasteiger charge is -2.11. The first-order valence-electron chi connectivity index (χ1n) is 11.2. The molecule has 11 nitrogen and oxygen atoms in total. The van der Waals surface area contributed by atoms with Gasteiger partial charge >= 0.3 is 5.97 Å². The number of nitro groups is 1. The number of carbonyl (C=O) groups excluding carboxylic acids is 2.